The van der Waals surface area contributed by atoms with E-state index in [0.29, 0.717) is 12.1 Å². The second kappa shape index (κ2) is 11.3. The van der Waals surface area contributed by atoms with Crippen molar-refractivity contribution in [2.75, 3.05) is 39.8 Å². The predicted molar refractivity (Wildman–Crippen MR) is 145 cm³/mol. The van der Waals surface area contributed by atoms with Gasteiger partial charge in [-0.15, -0.1) is 12.4 Å². The summed E-state index contributed by atoms with van der Waals surface area (Å²) in [6.45, 7) is 6.74. The van der Waals surface area contributed by atoms with Crippen LogP contribution >= 0.6 is 12.4 Å². The molecule has 1 fully saturated rings. The van der Waals surface area contributed by atoms with Crippen molar-refractivity contribution in [1.82, 2.24) is 15.5 Å². The molecule has 0 radical (unpaired) electrons. The lowest BCUT2D eigenvalue weighted by Gasteiger charge is -2.34. The third-order valence-corrected chi connectivity index (χ3v) is 6.98. The maximum atomic E-state index is 13.2. The summed E-state index contributed by atoms with van der Waals surface area (Å²) in [5.41, 5.74) is 7.78. The number of ether oxygens (including phenoxy) is 1. The molecule has 1 atom stereocenters. The molecule has 0 saturated carbocycles. The van der Waals surface area contributed by atoms with Crippen molar-refractivity contribution in [2.45, 2.75) is 25.8 Å². The first-order valence-electron chi connectivity index (χ1n) is 12.4. The maximum Gasteiger partial charge on any atom is 0.251 e. The first-order valence-corrected chi connectivity index (χ1v) is 12.4. The van der Waals surface area contributed by atoms with Crippen molar-refractivity contribution in [2.24, 2.45) is 0 Å². The zero-order valence-electron chi connectivity index (χ0n) is 20.5. The molecule has 5 nitrogen and oxygen atoms in total. The Kier molecular flexibility index (Phi) is 8.11. The number of hydrogen-bond donors (Lipinski definition) is 2. The van der Waals surface area contributed by atoms with E-state index in [0.717, 1.165) is 55.9 Å². The van der Waals surface area contributed by atoms with Crippen LogP contribution in [-0.4, -0.2) is 50.6 Å². The minimum Gasteiger partial charge on any atom is -0.496 e. The highest BCUT2D eigenvalue weighted by molar-refractivity contribution is 6.01. The summed E-state index contributed by atoms with van der Waals surface area (Å²) in [5.74, 6) is 0.804. The van der Waals surface area contributed by atoms with Gasteiger partial charge >= 0.3 is 0 Å². The molecule has 1 unspecified atom stereocenters. The highest BCUT2D eigenvalue weighted by atomic mass is 35.5. The van der Waals surface area contributed by atoms with Gasteiger partial charge in [0.05, 0.1) is 13.2 Å². The van der Waals surface area contributed by atoms with E-state index in [-0.39, 0.29) is 24.4 Å². The van der Waals surface area contributed by atoms with Gasteiger partial charge in [-0.2, -0.15) is 0 Å². The Morgan fingerprint density at radius 1 is 1.00 bits per heavy atom. The standard InChI is InChI=1S/C29H33N3O2.ClH/c1-3-4-13-31-29(33)20-18-24(21-9-7-8-12-26(21)34-2)27-22-10-5-6-11-23(22)28(25(27)19-20)32-16-14-30-15-17-32;/h5-12,18-19,28,30H,3-4,13-17H2,1-2H3,(H,31,33);1H. The molecule has 1 saturated heterocycles. The molecule has 1 aliphatic carbocycles. The molecule has 6 heteroatoms. The van der Waals surface area contributed by atoms with Crippen molar-refractivity contribution in [3.05, 3.63) is 77.4 Å². The highest BCUT2D eigenvalue weighted by Gasteiger charge is 2.36. The average Bonchev–Trinajstić information content (AvgIpc) is 3.23. The molecule has 5 rings (SSSR count). The molecule has 35 heavy (non-hydrogen) atoms. The van der Waals surface area contributed by atoms with Crippen molar-refractivity contribution < 1.29 is 9.53 Å². The number of nitrogens with one attached hydrogen (secondary N) is 2. The second-order valence-corrected chi connectivity index (χ2v) is 9.07. The Balaban J connectivity index is 0.00000289. The zero-order chi connectivity index (χ0) is 23.5. The van der Waals surface area contributed by atoms with Gasteiger partial charge in [0.25, 0.3) is 5.91 Å². The number of halogens is 1. The number of amides is 1. The summed E-state index contributed by atoms with van der Waals surface area (Å²) in [6, 6.07) is 21.1. The number of methoxy groups -OCH3 is 1. The summed E-state index contributed by atoms with van der Waals surface area (Å²) in [7, 11) is 1.71. The molecular weight excluding hydrogens is 458 g/mol. The van der Waals surface area contributed by atoms with Crippen LogP contribution in [0, 0.1) is 0 Å². The van der Waals surface area contributed by atoms with E-state index in [1.165, 1.54) is 22.3 Å². The lowest BCUT2D eigenvalue weighted by Crippen LogP contribution is -2.45. The lowest BCUT2D eigenvalue weighted by atomic mass is 9.90. The van der Waals surface area contributed by atoms with E-state index >= 15 is 0 Å². The van der Waals surface area contributed by atoms with Gasteiger partial charge in [0.1, 0.15) is 5.75 Å². The van der Waals surface area contributed by atoms with Crippen molar-refractivity contribution in [3.8, 4) is 28.0 Å². The summed E-state index contributed by atoms with van der Waals surface area (Å²) in [6.07, 6.45) is 2.03. The first-order chi connectivity index (χ1) is 16.7. The number of unbranched alkanes of at least 4 members (excludes halogenated alkanes) is 1. The third kappa shape index (κ3) is 4.81. The Morgan fingerprint density at radius 3 is 2.46 bits per heavy atom. The molecule has 3 aromatic rings. The van der Waals surface area contributed by atoms with Crippen LogP contribution in [0.3, 0.4) is 0 Å². The quantitative estimate of drug-likeness (QED) is 0.441. The molecular formula is C29H34ClN3O2. The van der Waals surface area contributed by atoms with E-state index in [1.54, 1.807) is 7.11 Å². The molecule has 2 N–H and O–H groups in total. The zero-order valence-corrected chi connectivity index (χ0v) is 21.3. The van der Waals surface area contributed by atoms with Crippen molar-refractivity contribution >= 4 is 18.3 Å². The molecule has 0 bridgehead atoms. The molecule has 1 aliphatic heterocycles. The van der Waals surface area contributed by atoms with Crippen LogP contribution in [0.4, 0.5) is 0 Å². The fourth-order valence-corrected chi connectivity index (χ4v) is 5.34. The minimum atomic E-state index is -0.0117. The van der Waals surface area contributed by atoms with Crippen molar-refractivity contribution in [3.63, 3.8) is 0 Å². The van der Waals surface area contributed by atoms with Gasteiger partial charge in [-0.3, -0.25) is 9.69 Å². The molecule has 2 aliphatic rings. The fourth-order valence-electron chi connectivity index (χ4n) is 5.34. The minimum absolute atomic E-state index is 0. The fraction of sp³-hybridized carbons (Fsp3) is 0.345. The van der Waals surface area contributed by atoms with Crippen LogP contribution in [-0.2, 0) is 0 Å². The number of hydrogen-bond acceptors (Lipinski definition) is 4. The number of rotatable bonds is 7. The van der Waals surface area contributed by atoms with Gasteiger partial charge in [0, 0.05) is 43.9 Å². The largest absolute Gasteiger partial charge is 0.496 e. The predicted octanol–water partition coefficient (Wildman–Crippen LogP) is 5.29. The van der Waals surface area contributed by atoms with Gasteiger partial charge in [-0.25, -0.2) is 0 Å². The van der Waals surface area contributed by atoms with Gasteiger partial charge < -0.3 is 15.4 Å². The van der Waals surface area contributed by atoms with Crippen LogP contribution in [0.25, 0.3) is 22.3 Å². The van der Waals surface area contributed by atoms with Crippen LogP contribution in [0.15, 0.2) is 60.7 Å². The Morgan fingerprint density at radius 2 is 1.71 bits per heavy atom. The van der Waals surface area contributed by atoms with E-state index in [1.807, 2.05) is 18.2 Å². The summed E-state index contributed by atoms with van der Waals surface area (Å²) < 4.78 is 5.75. The number of nitrogens with zero attached hydrogens (tertiary/aromatic N) is 1. The summed E-state index contributed by atoms with van der Waals surface area (Å²) in [5, 5.41) is 6.59. The van der Waals surface area contributed by atoms with Gasteiger partial charge in [-0.05, 0) is 52.4 Å². The number of benzene rings is 3. The molecule has 0 spiro atoms. The van der Waals surface area contributed by atoms with Crippen LogP contribution in [0.1, 0.15) is 47.3 Å². The van der Waals surface area contributed by atoms with E-state index in [2.05, 4.69) is 64.9 Å². The number of piperazine rings is 1. The first kappa shape index (κ1) is 25.2. The summed E-state index contributed by atoms with van der Waals surface area (Å²) in [4.78, 5) is 15.8. The number of carbonyl (C=O) groups is 1. The summed E-state index contributed by atoms with van der Waals surface area (Å²) >= 11 is 0. The molecule has 3 aromatic carbocycles. The SMILES string of the molecule is CCCCNC(=O)c1cc(-c2ccccc2OC)c2c(c1)C(N1CCNCC1)c1ccccc1-2.Cl. The smallest absolute Gasteiger partial charge is 0.251 e. The third-order valence-electron chi connectivity index (χ3n) is 6.98. The topological polar surface area (TPSA) is 53.6 Å². The Bertz CT molecular complexity index is 1190. The number of fused-ring (bicyclic) bond motifs is 3. The number of carbonyl (C=O) groups excluding carboxylic acids is 1. The van der Waals surface area contributed by atoms with E-state index in [4.69, 9.17) is 4.74 Å². The number of para-hydroxylation sites is 1. The van der Waals surface area contributed by atoms with Gasteiger partial charge in [0.2, 0.25) is 0 Å². The Labute approximate surface area is 214 Å². The molecule has 1 heterocycles. The highest BCUT2D eigenvalue weighted by Crippen LogP contribution is 2.51. The lowest BCUT2D eigenvalue weighted by molar-refractivity contribution is 0.0953. The molecule has 0 aromatic heterocycles. The van der Waals surface area contributed by atoms with Gasteiger partial charge in [-0.1, -0.05) is 55.8 Å². The maximum absolute atomic E-state index is 13.2. The molecule has 184 valence electrons. The second-order valence-electron chi connectivity index (χ2n) is 9.07. The Hall–Kier alpha value is -2.86. The van der Waals surface area contributed by atoms with Crippen molar-refractivity contribution in [1.29, 1.82) is 0 Å². The molecule has 1 amide bonds. The monoisotopic (exact) mass is 491 g/mol. The normalized spacial score (nSPS) is 16.7. The van der Waals surface area contributed by atoms with Crippen LogP contribution < -0.4 is 15.4 Å². The van der Waals surface area contributed by atoms with Gasteiger partial charge in [0.15, 0.2) is 0 Å². The van der Waals surface area contributed by atoms with Crippen LogP contribution in [0.5, 0.6) is 5.75 Å². The van der Waals surface area contributed by atoms with E-state index in [9.17, 15) is 4.79 Å². The average molecular weight is 492 g/mol. The van der Waals surface area contributed by atoms with Crippen LogP contribution in [0.2, 0.25) is 0 Å². The van der Waals surface area contributed by atoms with E-state index < -0.39 is 0 Å².